The Morgan fingerprint density at radius 1 is 1.82 bits per heavy atom. The van der Waals surface area contributed by atoms with Crippen LogP contribution in [0.15, 0.2) is 12.5 Å². The van der Waals surface area contributed by atoms with Crippen LogP contribution in [-0.4, -0.2) is 21.3 Å². The van der Waals surface area contributed by atoms with Crippen LogP contribution in [0.3, 0.4) is 0 Å². The van der Waals surface area contributed by atoms with Crippen LogP contribution in [0.4, 0.5) is 4.39 Å². The Hall–Kier alpha value is -0.900. The van der Waals surface area contributed by atoms with Gasteiger partial charge in [0.25, 0.3) is 0 Å². The molecule has 0 aromatic carbocycles. The number of hydrogen-bond donors (Lipinski definition) is 1. The zero-order valence-corrected chi connectivity index (χ0v) is 6.37. The summed E-state index contributed by atoms with van der Waals surface area (Å²) in [4.78, 5) is 3.80. The lowest BCUT2D eigenvalue weighted by Gasteiger charge is -2.07. The summed E-state index contributed by atoms with van der Waals surface area (Å²) in [7, 11) is 0. The van der Waals surface area contributed by atoms with Crippen LogP contribution in [0.1, 0.15) is 18.7 Å². The summed E-state index contributed by atoms with van der Waals surface area (Å²) in [6.07, 6.45) is 2.03. The van der Waals surface area contributed by atoms with Gasteiger partial charge in [0.15, 0.2) is 0 Å². The van der Waals surface area contributed by atoms with E-state index < -0.39 is 12.8 Å². The van der Waals surface area contributed by atoms with Crippen LogP contribution in [0.25, 0.3) is 0 Å². The molecule has 0 bridgehead atoms. The number of rotatable bonds is 3. The predicted molar refractivity (Wildman–Crippen MR) is 38.8 cm³/mol. The second kappa shape index (κ2) is 3.48. The molecule has 0 aliphatic heterocycles. The lowest BCUT2D eigenvalue weighted by atomic mass is 10.3. The minimum atomic E-state index is -1.03. The third-order valence-electron chi connectivity index (χ3n) is 1.57. The van der Waals surface area contributed by atoms with Crippen molar-refractivity contribution >= 4 is 0 Å². The first-order chi connectivity index (χ1) is 5.29. The Morgan fingerprint density at radius 3 is 3.09 bits per heavy atom. The van der Waals surface area contributed by atoms with Crippen LogP contribution in [0, 0.1) is 0 Å². The number of aliphatic hydroxyl groups is 1. The van der Waals surface area contributed by atoms with Gasteiger partial charge in [-0.05, 0) is 6.92 Å². The van der Waals surface area contributed by atoms with Crippen molar-refractivity contribution in [3.63, 3.8) is 0 Å². The zero-order chi connectivity index (χ0) is 8.27. The highest BCUT2D eigenvalue weighted by Crippen LogP contribution is 2.11. The lowest BCUT2D eigenvalue weighted by Crippen LogP contribution is -2.06. The first kappa shape index (κ1) is 8.20. The molecule has 1 heterocycles. The van der Waals surface area contributed by atoms with Gasteiger partial charge in [-0.2, -0.15) is 0 Å². The summed E-state index contributed by atoms with van der Waals surface area (Å²) < 4.78 is 13.7. The molecule has 1 aromatic rings. The van der Waals surface area contributed by atoms with Crippen LogP contribution in [-0.2, 0) is 6.54 Å². The van der Waals surface area contributed by atoms with E-state index in [0.29, 0.717) is 12.2 Å². The summed E-state index contributed by atoms with van der Waals surface area (Å²) in [6, 6.07) is 0. The molecule has 0 aliphatic carbocycles. The van der Waals surface area contributed by atoms with Crippen LogP contribution in [0.5, 0.6) is 0 Å². The summed E-state index contributed by atoms with van der Waals surface area (Å²) >= 11 is 0. The van der Waals surface area contributed by atoms with Crippen molar-refractivity contribution in [2.75, 3.05) is 6.67 Å². The molecule has 4 heteroatoms. The minimum Gasteiger partial charge on any atom is -0.384 e. The van der Waals surface area contributed by atoms with Crippen LogP contribution < -0.4 is 0 Å². The van der Waals surface area contributed by atoms with Gasteiger partial charge in [-0.1, -0.05) is 0 Å². The summed E-state index contributed by atoms with van der Waals surface area (Å²) in [5, 5.41) is 9.09. The zero-order valence-electron chi connectivity index (χ0n) is 6.37. The van der Waals surface area contributed by atoms with Gasteiger partial charge < -0.3 is 9.67 Å². The number of hydrogen-bond acceptors (Lipinski definition) is 2. The highest BCUT2D eigenvalue weighted by Gasteiger charge is 2.10. The maximum absolute atomic E-state index is 12.0. The molecule has 11 heavy (non-hydrogen) atoms. The number of halogens is 1. The molecule has 3 nitrogen and oxygen atoms in total. The van der Waals surface area contributed by atoms with E-state index in [1.165, 1.54) is 6.20 Å². The van der Waals surface area contributed by atoms with Crippen molar-refractivity contribution in [2.24, 2.45) is 0 Å². The number of imidazole rings is 1. The number of nitrogens with zero attached hydrogens (tertiary/aromatic N) is 2. The van der Waals surface area contributed by atoms with E-state index in [0.717, 1.165) is 0 Å². The van der Waals surface area contributed by atoms with Crippen molar-refractivity contribution < 1.29 is 9.50 Å². The molecule has 0 spiro atoms. The lowest BCUT2D eigenvalue weighted by molar-refractivity contribution is 0.133. The Bertz CT molecular complexity index is 224. The van der Waals surface area contributed by atoms with Crippen molar-refractivity contribution in [1.82, 2.24) is 9.55 Å². The largest absolute Gasteiger partial charge is 0.384 e. The fourth-order valence-corrected chi connectivity index (χ4v) is 0.952. The SMILES string of the molecule is CCn1cncc1C(O)CF. The molecule has 1 aromatic heterocycles. The summed E-state index contributed by atoms with van der Waals surface area (Å²) in [5.74, 6) is 0. The van der Waals surface area contributed by atoms with Gasteiger partial charge in [0.2, 0.25) is 0 Å². The Balaban J connectivity index is 2.83. The second-order valence-electron chi connectivity index (χ2n) is 2.27. The molecule has 0 amide bonds. The van der Waals surface area contributed by atoms with Gasteiger partial charge >= 0.3 is 0 Å². The molecule has 62 valence electrons. The van der Waals surface area contributed by atoms with Crippen molar-refractivity contribution in [1.29, 1.82) is 0 Å². The molecule has 0 saturated carbocycles. The van der Waals surface area contributed by atoms with Gasteiger partial charge in [-0.15, -0.1) is 0 Å². The quantitative estimate of drug-likeness (QED) is 0.709. The van der Waals surface area contributed by atoms with Crippen molar-refractivity contribution in [3.8, 4) is 0 Å². The maximum atomic E-state index is 12.0. The molecule has 0 aliphatic rings. The van der Waals surface area contributed by atoms with Crippen molar-refractivity contribution in [3.05, 3.63) is 18.2 Å². The number of aliphatic hydroxyl groups excluding tert-OH is 1. The minimum absolute atomic E-state index is 0.537. The highest BCUT2D eigenvalue weighted by molar-refractivity contribution is 5.02. The van der Waals surface area contributed by atoms with Gasteiger partial charge in [0.05, 0.1) is 18.2 Å². The third kappa shape index (κ3) is 1.57. The number of aromatic nitrogens is 2. The second-order valence-corrected chi connectivity index (χ2v) is 2.27. The molecule has 1 atom stereocenters. The number of alkyl halides is 1. The van der Waals surface area contributed by atoms with E-state index in [4.69, 9.17) is 5.11 Å². The van der Waals surface area contributed by atoms with Crippen LogP contribution >= 0.6 is 0 Å². The summed E-state index contributed by atoms with van der Waals surface area (Å²) in [6.45, 7) is 1.86. The molecule has 1 rings (SSSR count). The fraction of sp³-hybridized carbons (Fsp3) is 0.571. The fourth-order valence-electron chi connectivity index (χ4n) is 0.952. The Labute approximate surface area is 64.5 Å². The molecule has 1 N–H and O–H groups in total. The smallest absolute Gasteiger partial charge is 0.124 e. The van der Waals surface area contributed by atoms with E-state index in [1.807, 2.05) is 6.92 Å². The normalized spacial score (nSPS) is 13.4. The molecular weight excluding hydrogens is 147 g/mol. The van der Waals surface area contributed by atoms with Gasteiger partial charge in [-0.25, -0.2) is 9.37 Å². The monoisotopic (exact) mass is 158 g/mol. The van der Waals surface area contributed by atoms with Crippen LogP contribution in [0.2, 0.25) is 0 Å². The molecule has 0 radical (unpaired) electrons. The Morgan fingerprint density at radius 2 is 2.55 bits per heavy atom. The first-order valence-electron chi connectivity index (χ1n) is 3.53. The standard InChI is InChI=1S/C7H11FN2O/c1-2-10-5-9-4-6(10)7(11)3-8/h4-5,7,11H,2-3H2,1H3. The molecule has 1 unspecified atom stereocenters. The Kier molecular flexibility index (Phi) is 2.59. The third-order valence-corrected chi connectivity index (χ3v) is 1.57. The van der Waals surface area contributed by atoms with Gasteiger partial charge in [0, 0.05) is 6.54 Å². The molecule has 0 fully saturated rings. The maximum Gasteiger partial charge on any atom is 0.124 e. The predicted octanol–water partition coefficient (Wildman–Crippen LogP) is 0.906. The van der Waals surface area contributed by atoms with Crippen molar-refractivity contribution in [2.45, 2.75) is 19.6 Å². The van der Waals surface area contributed by atoms with E-state index in [1.54, 1.807) is 10.9 Å². The summed E-state index contributed by atoms with van der Waals surface area (Å²) in [5.41, 5.74) is 0.537. The number of aryl methyl sites for hydroxylation is 1. The van der Waals surface area contributed by atoms with E-state index >= 15 is 0 Å². The average molecular weight is 158 g/mol. The van der Waals surface area contributed by atoms with E-state index in [9.17, 15) is 4.39 Å². The van der Waals surface area contributed by atoms with Gasteiger partial charge in [0.1, 0.15) is 12.8 Å². The molecular formula is C7H11FN2O. The highest BCUT2D eigenvalue weighted by atomic mass is 19.1. The average Bonchev–Trinajstić information content (AvgIpc) is 2.50. The molecule has 0 saturated heterocycles. The first-order valence-corrected chi connectivity index (χ1v) is 3.53. The van der Waals surface area contributed by atoms with E-state index in [2.05, 4.69) is 4.98 Å². The van der Waals surface area contributed by atoms with Gasteiger partial charge in [-0.3, -0.25) is 0 Å². The topological polar surface area (TPSA) is 38.0 Å². The van der Waals surface area contributed by atoms with E-state index in [-0.39, 0.29) is 0 Å².